The number of aromatic nitrogens is 3. The van der Waals surface area contributed by atoms with Crippen LogP contribution in [0.5, 0.6) is 0 Å². The quantitative estimate of drug-likeness (QED) is 0.532. The fraction of sp³-hybridized carbons (Fsp3) is 0.250. The fourth-order valence-corrected chi connectivity index (χ4v) is 4.03. The Morgan fingerprint density at radius 2 is 2.07 bits per heavy atom. The lowest BCUT2D eigenvalue weighted by Gasteiger charge is -2.12. The molecule has 1 unspecified atom stereocenters. The molecule has 1 N–H and O–H groups in total. The number of amides is 1. The van der Waals surface area contributed by atoms with Crippen molar-refractivity contribution in [2.75, 3.05) is 0 Å². The van der Waals surface area contributed by atoms with Gasteiger partial charge in [-0.05, 0) is 50.1 Å². The van der Waals surface area contributed by atoms with Gasteiger partial charge < -0.3 is 9.73 Å². The standard InChI is InChI=1S/C20H20N4O2S/c1-12-6-4-8-16-13(2)10-17-22-23-20(24(17)18(12)16)27-14(3)19(25)21-11-15-7-5-9-26-15/h4-10,14H,11H2,1-3H3,(H,21,25). The van der Waals surface area contributed by atoms with E-state index in [4.69, 9.17) is 4.42 Å². The van der Waals surface area contributed by atoms with Crippen LogP contribution in [0.25, 0.3) is 16.6 Å². The smallest absolute Gasteiger partial charge is 0.233 e. The average Bonchev–Trinajstić information content (AvgIpc) is 3.30. The van der Waals surface area contributed by atoms with Crippen molar-refractivity contribution in [3.63, 3.8) is 0 Å². The van der Waals surface area contributed by atoms with E-state index < -0.39 is 0 Å². The van der Waals surface area contributed by atoms with E-state index in [1.54, 1.807) is 12.3 Å². The molecule has 4 rings (SSSR count). The molecule has 0 fully saturated rings. The average molecular weight is 380 g/mol. The normalized spacial score (nSPS) is 12.6. The number of fused-ring (bicyclic) bond motifs is 3. The van der Waals surface area contributed by atoms with E-state index in [2.05, 4.69) is 47.6 Å². The predicted molar refractivity (Wildman–Crippen MR) is 106 cm³/mol. The summed E-state index contributed by atoms with van der Waals surface area (Å²) in [7, 11) is 0. The largest absolute Gasteiger partial charge is 0.467 e. The van der Waals surface area contributed by atoms with Crippen molar-refractivity contribution >= 4 is 34.2 Å². The Morgan fingerprint density at radius 3 is 2.85 bits per heavy atom. The summed E-state index contributed by atoms with van der Waals surface area (Å²) in [4.78, 5) is 12.5. The molecule has 0 spiro atoms. The molecule has 0 bridgehead atoms. The van der Waals surface area contributed by atoms with Crippen molar-refractivity contribution in [3.05, 3.63) is 59.5 Å². The van der Waals surface area contributed by atoms with Gasteiger partial charge in [-0.2, -0.15) is 0 Å². The molecule has 0 saturated carbocycles. The zero-order chi connectivity index (χ0) is 19.0. The van der Waals surface area contributed by atoms with Crippen molar-refractivity contribution in [2.24, 2.45) is 0 Å². The number of nitrogens with zero attached hydrogens (tertiary/aromatic N) is 3. The minimum atomic E-state index is -0.312. The minimum Gasteiger partial charge on any atom is -0.467 e. The van der Waals surface area contributed by atoms with Crippen LogP contribution in [-0.4, -0.2) is 25.8 Å². The van der Waals surface area contributed by atoms with E-state index in [0.717, 1.165) is 28.1 Å². The lowest BCUT2D eigenvalue weighted by atomic mass is 10.1. The van der Waals surface area contributed by atoms with Crippen LogP contribution >= 0.6 is 11.8 Å². The van der Waals surface area contributed by atoms with Gasteiger partial charge >= 0.3 is 0 Å². The van der Waals surface area contributed by atoms with Crippen LogP contribution in [0.15, 0.2) is 52.2 Å². The molecule has 3 heterocycles. The van der Waals surface area contributed by atoms with Crippen LogP contribution in [0.1, 0.15) is 23.8 Å². The highest BCUT2D eigenvalue weighted by Crippen LogP contribution is 2.29. The lowest BCUT2D eigenvalue weighted by molar-refractivity contribution is -0.120. The van der Waals surface area contributed by atoms with E-state index in [-0.39, 0.29) is 11.2 Å². The molecule has 0 saturated heterocycles. The van der Waals surface area contributed by atoms with Gasteiger partial charge in [-0.25, -0.2) is 0 Å². The Balaban J connectivity index is 1.63. The molecule has 6 nitrogen and oxygen atoms in total. The number of para-hydroxylation sites is 1. The van der Waals surface area contributed by atoms with E-state index in [9.17, 15) is 4.79 Å². The highest BCUT2D eigenvalue weighted by Gasteiger charge is 2.20. The summed E-state index contributed by atoms with van der Waals surface area (Å²) in [5.41, 5.74) is 4.19. The van der Waals surface area contributed by atoms with E-state index in [1.807, 2.05) is 23.5 Å². The van der Waals surface area contributed by atoms with Gasteiger partial charge in [0, 0.05) is 5.39 Å². The van der Waals surface area contributed by atoms with Crippen molar-refractivity contribution in [1.29, 1.82) is 0 Å². The van der Waals surface area contributed by atoms with E-state index >= 15 is 0 Å². The summed E-state index contributed by atoms with van der Waals surface area (Å²) in [5.74, 6) is 0.659. The van der Waals surface area contributed by atoms with Crippen LogP contribution in [-0.2, 0) is 11.3 Å². The number of carbonyl (C=O) groups excluding carboxylic acids is 1. The summed E-state index contributed by atoms with van der Waals surface area (Å²) in [6, 6.07) is 11.9. The lowest BCUT2D eigenvalue weighted by Crippen LogP contribution is -2.30. The molecule has 0 aliphatic carbocycles. The van der Waals surface area contributed by atoms with E-state index in [0.29, 0.717) is 11.7 Å². The number of rotatable bonds is 5. The third kappa shape index (κ3) is 3.30. The second kappa shape index (κ2) is 7.08. The molecule has 27 heavy (non-hydrogen) atoms. The maximum atomic E-state index is 12.5. The second-order valence-corrected chi connectivity index (χ2v) is 7.84. The van der Waals surface area contributed by atoms with Gasteiger partial charge in [0.2, 0.25) is 5.91 Å². The summed E-state index contributed by atoms with van der Waals surface area (Å²) in [6.07, 6.45) is 1.59. The Morgan fingerprint density at radius 1 is 1.22 bits per heavy atom. The summed E-state index contributed by atoms with van der Waals surface area (Å²) in [5, 5.41) is 13.1. The number of aryl methyl sites for hydroxylation is 2. The van der Waals surface area contributed by atoms with Crippen molar-refractivity contribution < 1.29 is 9.21 Å². The van der Waals surface area contributed by atoms with Gasteiger partial charge in [0.05, 0.1) is 23.6 Å². The van der Waals surface area contributed by atoms with Crippen LogP contribution < -0.4 is 5.32 Å². The molecule has 7 heteroatoms. The number of hydrogen-bond donors (Lipinski definition) is 1. The first kappa shape index (κ1) is 17.6. The Kier molecular flexibility index (Phi) is 4.61. The molecule has 1 amide bonds. The Bertz CT molecular complexity index is 1120. The van der Waals surface area contributed by atoms with Gasteiger partial charge in [-0.15, -0.1) is 10.2 Å². The molecule has 4 aromatic rings. The molecular weight excluding hydrogens is 360 g/mol. The Labute approximate surface area is 161 Å². The number of nitrogens with one attached hydrogen (secondary N) is 1. The zero-order valence-corrected chi connectivity index (χ0v) is 16.2. The predicted octanol–water partition coefficient (Wildman–Crippen LogP) is 3.89. The second-order valence-electron chi connectivity index (χ2n) is 6.53. The maximum absolute atomic E-state index is 12.5. The van der Waals surface area contributed by atoms with Gasteiger partial charge in [0.1, 0.15) is 5.76 Å². The number of furan rings is 1. The molecule has 0 aliphatic rings. The Hall–Kier alpha value is -2.80. The van der Waals surface area contributed by atoms with Gasteiger partial charge in [0.25, 0.3) is 0 Å². The molecule has 0 aliphatic heterocycles. The summed E-state index contributed by atoms with van der Waals surface area (Å²) < 4.78 is 7.29. The molecule has 0 radical (unpaired) electrons. The van der Waals surface area contributed by atoms with Crippen molar-refractivity contribution in [3.8, 4) is 0 Å². The van der Waals surface area contributed by atoms with E-state index in [1.165, 1.54) is 17.1 Å². The van der Waals surface area contributed by atoms with Crippen LogP contribution in [0.4, 0.5) is 0 Å². The summed E-state index contributed by atoms with van der Waals surface area (Å²) >= 11 is 1.40. The molecule has 3 aromatic heterocycles. The summed E-state index contributed by atoms with van der Waals surface area (Å²) in [6.45, 7) is 6.40. The number of thioether (sulfide) groups is 1. The SMILES string of the molecule is Cc1cc2nnc(SC(C)C(=O)NCc3ccco3)n2c2c(C)cccc12. The van der Waals surface area contributed by atoms with Gasteiger partial charge in [0.15, 0.2) is 10.8 Å². The van der Waals surface area contributed by atoms with Crippen molar-refractivity contribution in [1.82, 2.24) is 19.9 Å². The monoisotopic (exact) mass is 380 g/mol. The van der Waals surface area contributed by atoms with Gasteiger partial charge in [-0.3, -0.25) is 9.20 Å². The van der Waals surface area contributed by atoms with Crippen LogP contribution in [0, 0.1) is 13.8 Å². The highest BCUT2D eigenvalue weighted by molar-refractivity contribution is 8.00. The first-order chi connectivity index (χ1) is 13.0. The van der Waals surface area contributed by atoms with Crippen LogP contribution in [0.3, 0.4) is 0 Å². The maximum Gasteiger partial charge on any atom is 0.233 e. The first-order valence-corrected chi connectivity index (χ1v) is 9.63. The highest BCUT2D eigenvalue weighted by atomic mass is 32.2. The van der Waals surface area contributed by atoms with Crippen LogP contribution in [0.2, 0.25) is 0 Å². The van der Waals surface area contributed by atoms with Crippen molar-refractivity contribution in [2.45, 2.75) is 37.7 Å². The molecule has 1 aromatic carbocycles. The third-order valence-corrected chi connectivity index (χ3v) is 5.60. The van der Waals surface area contributed by atoms with Gasteiger partial charge in [-0.1, -0.05) is 30.0 Å². The number of pyridine rings is 1. The fourth-order valence-electron chi connectivity index (χ4n) is 3.15. The molecular formula is C20H20N4O2S. The number of carbonyl (C=O) groups is 1. The third-order valence-electron chi connectivity index (χ3n) is 4.56. The minimum absolute atomic E-state index is 0.0683. The first-order valence-electron chi connectivity index (χ1n) is 8.75. The molecule has 138 valence electrons. The number of hydrogen-bond acceptors (Lipinski definition) is 5. The number of benzene rings is 1. The molecule has 1 atom stereocenters. The topological polar surface area (TPSA) is 72.4 Å². The zero-order valence-electron chi connectivity index (χ0n) is 15.4.